The number of hydrogen-bond donors (Lipinski definition) is 0. The second kappa shape index (κ2) is 6.12. The van der Waals surface area contributed by atoms with Gasteiger partial charge in [-0.15, -0.1) is 0 Å². The van der Waals surface area contributed by atoms with Crippen LogP contribution in [0.3, 0.4) is 0 Å². The number of rotatable bonds is 3. The smallest absolute Gasteiger partial charge is 0.444 e. The van der Waals surface area contributed by atoms with Crippen LogP contribution in [-0.2, 0) is 19.3 Å². The van der Waals surface area contributed by atoms with Gasteiger partial charge in [0.1, 0.15) is 10.3 Å². The van der Waals surface area contributed by atoms with E-state index in [4.69, 9.17) is 4.74 Å². The normalized spacial score (nSPS) is 20.1. The average molecular weight is 405 g/mol. The summed E-state index contributed by atoms with van der Waals surface area (Å²) in [5.74, 6) is 0.0564. The Morgan fingerprint density at radius 1 is 1.11 bits per heavy atom. The highest BCUT2D eigenvalue weighted by Gasteiger charge is 2.66. The first-order chi connectivity index (χ1) is 12.3. The molecule has 1 aromatic carbocycles. The second-order valence-electron chi connectivity index (χ2n) is 8.15. The first-order valence-electron chi connectivity index (χ1n) is 8.66. The fraction of sp³-hybridized carbons (Fsp3) is 0.611. The Morgan fingerprint density at radius 2 is 1.63 bits per heavy atom. The minimum atomic E-state index is -5.26. The molecule has 1 saturated carbocycles. The summed E-state index contributed by atoms with van der Waals surface area (Å²) in [5, 5.41) is 0. The van der Waals surface area contributed by atoms with Gasteiger partial charge in [-0.1, -0.05) is 24.3 Å². The molecule has 3 rings (SSSR count). The van der Waals surface area contributed by atoms with Crippen molar-refractivity contribution in [1.29, 1.82) is 0 Å². The molecule has 1 aromatic rings. The SMILES string of the molecule is CC(C)(C)OC(=O)N1CC(c2ccc(C3(S(=O)(=O)C(F)(F)F)CC3)cc2)C1. The van der Waals surface area contributed by atoms with Gasteiger partial charge < -0.3 is 9.64 Å². The first kappa shape index (κ1) is 20.0. The number of nitrogens with zero attached hydrogens (tertiary/aromatic N) is 1. The van der Waals surface area contributed by atoms with E-state index in [-0.39, 0.29) is 24.3 Å². The van der Waals surface area contributed by atoms with Gasteiger partial charge in [0.05, 0.1) is 0 Å². The van der Waals surface area contributed by atoms with Crippen molar-refractivity contribution in [2.24, 2.45) is 0 Å². The van der Waals surface area contributed by atoms with Crippen molar-refractivity contribution >= 4 is 15.9 Å². The Balaban J connectivity index is 1.67. The zero-order chi connectivity index (χ0) is 20.3. The fourth-order valence-corrected chi connectivity index (χ4v) is 4.80. The van der Waals surface area contributed by atoms with Gasteiger partial charge in [0, 0.05) is 19.0 Å². The standard InChI is InChI=1S/C18H22F3NO4S/c1-16(2,3)26-15(23)22-10-13(11-22)12-4-6-14(7-5-12)17(8-9-17)27(24,25)18(19,20)21/h4-7,13H,8-11H2,1-3H3. The van der Waals surface area contributed by atoms with Crippen LogP contribution >= 0.6 is 0 Å². The van der Waals surface area contributed by atoms with Crippen LogP contribution in [-0.4, -0.2) is 43.6 Å². The maximum Gasteiger partial charge on any atom is 0.498 e. The predicted octanol–water partition coefficient (Wildman–Crippen LogP) is 3.94. The van der Waals surface area contributed by atoms with Crippen LogP contribution in [0, 0.1) is 0 Å². The molecular formula is C18H22F3NO4S. The number of sulfone groups is 1. The number of halogens is 3. The summed E-state index contributed by atoms with van der Waals surface area (Å²) in [7, 11) is -5.25. The summed E-state index contributed by atoms with van der Waals surface area (Å²) in [4.78, 5) is 13.5. The molecule has 150 valence electrons. The molecule has 1 aliphatic carbocycles. The molecular weight excluding hydrogens is 383 g/mol. The van der Waals surface area contributed by atoms with Crippen molar-refractivity contribution < 1.29 is 31.1 Å². The molecule has 5 nitrogen and oxygen atoms in total. The van der Waals surface area contributed by atoms with Gasteiger partial charge in [-0.05, 0) is 44.7 Å². The molecule has 1 aliphatic heterocycles. The van der Waals surface area contributed by atoms with E-state index in [9.17, 15) is 26.4 Å². The first-order valence-corrected chi connectivity index (χ1v) is 10.1. The highest BCUT2D eigenvalue weighted by Crippen LogP contribution is 2.57. The molecule has 0 radical (unpaired) electrons. The van der Waals surface area contributed by atoms with Crippen LogP contribution in [0.4, 0.5) is 18.0 Å². The topological polar surface area (TPSA) is 63.7 Å². The van der Waals surface area contributed by atoms with Crippen molar-refractivity contribution in [1.82, 2.24) is 4.90 Å². The molecule has 1 amide bonds. The van der Waals surface area contributed by atoms with Crippen molar-refractivity contribution in [3.05, 3.63) is 35.4 Å². The molecule has 2 fully saturated rings. The van der Waals surface area contributed by atoms with E-state index < -0.39 is 31.8 Å². The zero-order valence-corrected chi connectivity index (χ0v) is 16.2. The molecule has 0 atom stereocenters. The Kier molecular flexibility index (Phi) is 4.53. The molecule has 0 aromatic heterocycles. The van der Waals surface area contributed by atoms with Gasteiger partial charge in [0.2, 0.25) is 0 Å². The lowest BCUT2D eigenvalue weighted by Gasteiger charge is -2.40. The van der Waals surface area contributed by atoms with Crippen molar-refractivity contribution in [2.45, 2.75) is 55.4 Å². The number of carbonyl (C=O) groups excluding carboxylic acids is 1. The van der Waals surface area contributed by atoms with E-state index in [1.807, 2.05) is 0 Å². The summed E-state index contributed by atoms with van der Waals surface area (Å²) in [6.07, 6.45) is -0.447. The summed E-state index contributed by atoms with van der Waals surface area (Å²) >= 11 is 0. The third-order valence-electron chi connectivity index (χ3n) is 4.96. The van der Waals surface area contributed by atoms with Crippen molar-refractivity contribution in [3.63, 3.8) is 0 Å². The summed E-state index contributed by atoms with van der Waals surface area (Å²) in [6.45, 7) is 6.26. The van der Waals surface area contributed by atoms with Gasteiger partial charge in [-0.25, -0.2) is 13.2 Å². The van der Waals surface area contributed by atoms with Crippen molar-refractivity contribution in [2.75, 3.05) is 13.1 Å². The number of benzene rings is 1. The van der Waals surface area contributed by atoms with Gasteiger partial charge in [0.15, 0.2) is 0 Å². The number of hydrogen-bond acceptors (Lipinski definition) is 4. The van der Waals surface area contributed by atoms with Gasteiger partial charge in [-0.3, -0.25) is 0 Å². The average Bonchev–Trinajstić information content (AvgIpc) is 3.25. The number of carbonyl (C=O) groups is 1. The molecule has 1 saturated heterocycles. The van der Waals surface area contributed by atoms with E-state index in [1.54, 1.807) is 37.8 Å². The van der Waals surface area contributed by atoms with Crippen molar-refractivity contribution in [3.8, 4) is 0 Å². The van der Waals surface area contributed by atoms with Crippen LogP contribution in [0.2, 0.25) is 0 Å². The Bertz CT molecular complexity index is 831. The Morgan fingerprint density at radius 3 is 2.04 bits per heavy atom. The van der Waals surface area contributed by atoms with E-state index >= 15 is 0 Å². The Hall–Kier alpha value is -1.77. The molecule has 27 heavy (non-hydrogen) atoms. The molecule has 0 spiro atoms. The van der Waals surface area contributed by atoms with Gasteiger partial charge in [0.25, 0.3) is 9.84 Å². The number of likely N-dealkylation sites (tertiary alicyclic amines) is 1. The van der Waals surface area contributed by atoms with Crippen LogP contribution in [0.1, 0.15) is 50.7 Å². The largest absolute Gasteiger partial charge is 0.498 e. The lowest BCUT2D eigenvalue weighted by molar-refractivity contribution is -0.0448. The quantitative estimate of drug-likeness (QED) is 0.764. The maximum absolute atomic E-state index is 12.9. The lowest BCUT2D eigenvalue weighted by atomic mass is 9.91. The van der Waals surface area contributed by atoms with Crippen LogP contribution in [0.15, 0.2) is 24.3 Å². The van der Waals surface area contributed by atoms with E-state index in [0.29, 0.717) is 13.1 Å². The number of amides is 1. The van der Waals surface area contributed by atoms with Gasteiger partial charge >= 0.3 is 11.6 Å². The molecule has 2 aliphatic rings. The zero-order valence-electron chi connectivity index (χ0n) is 15.3. The minimum Gasteiger partial charge on any atom is -0.444 e. The van der Waals surface area contributed by atoms with Crippen LogP contribution in [0.5, 0.6) is 0 Å². The van der Waals surface area contributed by atoms with E-state index in [0.717, 1.165) is 5.56 Å². The summed E-state index contributed by atoms with van der Waals surface area (Å²) in [5.41, 5.74) is -4.80. The molecule has 0 N–H and O–H groups in total. The predicted molar refractivity (Wildman–Crippen MR) is 92.9 cm³/mol. The van der Waals surface area contributed by atoms with Crippen LogP contribution < -0.4 is 0 Å². The molecule has 1 heterocycles. The van der Waals surface area contributed by atoms with Crippen LogP contribution in [0.25, 0.3) is 0 Å². The molecule has 0 bridgehead atoms. The Labute approximate surface area is 156 Å². The van der Waals surface area contributed by atoms with E-state index in [1.165, 1.54) is 12.1 Å². The number of ether oxygens (including phenoxy) is 1. The maximum atomic E-state index is 12.9. The molecule has 9 heteroatoms. The summed E-state index contributed by atoms with van der Waals surface area (Å²) < 4.78 is 66.0. The highest BCUT2D eigenvalue weighted by atomic mass is 32.2. The number of alkyl halides is 3. The monoisotopic (exact) mass is 405 g/mol. The third-order valence-corrected chi connectivity index (χ3v) is 7.25. The third kappa shape index (κ3) is 3.53. The van der Waals surface area contributed by atoms with Gasteiger partial charge in [-0.2, -0.15) is 13.2 Å². The summed E-state index contributed by atoms with van der Waals surface area (Å²) in [6, 6.07) is 6.22. The lowest BCUT2D eigenvalue weighted by Crippen LogP contribution is -2.50. The fourth-order valence-electron chi connectivity index (χ4n) is 3.27. The second-order valence-corrected chi connectivity index (χ2v) is 10.4. The highest BCUT2D eigenvalue weighted by molar-refractivity contribution is 7.93. The van der Waals surface area contributed by atoms with E-state index in [2.05, 4.69) is 0 Å². The molecule has 0 unspecified atom stereocenters. The minimum absolute atomic E-state index is 0.0238.